The van der Waals surface area contributed by atoms with Crippen LogP contribution in [0.3, 0.4) is 0 Å². The number of amides is 1. The Balaban J connectivity index is 1.68. The third-order valence-corrected chi connectivity index (χ3v) is 6.03. The first-order valence-electron chi connectivity index (χ1n) is 10.0. The van der Waals surface area contributed by atoms with Gasteiger partial charge in [0.05, 0.1) is 11.9 Å². The van der Waals surface area contributed by atoms with E-state index >= 15 is 0 Å². The molecule has 4 aromatic rings. The quantitative estimate of drug-likeness (QED) is 0.480. The first kappa shape index (κ1) is 20.0. The second-order valence-electron chi connectivity index (χ2n) is 7.46. The van der Waals surface area contributed by atoms with Gasteiger partial charge in [0.15, 0.2) is 5.65 Å². The Hall–Kier alpha value is -2.93. The third-order valence-electron chi connectivity index (χ3n) is 5.45. The summed E-state index contributed by atoms with van der Waals surface area (Å²) in [7, 11) is 0. The molecule has 31 heavy (non-hydrogen) atoms. The molecule has 2 aromatic carbocycles. The molecule has 3 heterocycles. The van der Waals surface area contributed by atoms with E-state index in [9.17, 15) is 4.79 Å². The molecule has 1 unspecified atom stereocenters. The first-order valence-corrected chi connectivity index (χ1v) is 10.8. The summed E-state index contributed by atoms with van der Waals surface area (Å²) in [5.41, 5.74) is 4.26. The van der Waals surface area contributed by atoms with E-state index in [2.05, 4.69) is 20.7 Å². The lowest BCUT2D eigenvalue weighted by Crippen LogP contribution is -2.36. The van der Waals surface area contributed by atoms with Crippen molar-refractivity contribution in [3.8, 4) is 22.4 Å². The second-order valence-corrected chi connectivity index (χ2v) is 8.31. The SMILES string of the molecule is O=C(NC1CCNC1)c1cnn2c(-c3ccc(Cl)cc3)c(-c3ccccc3Cl)cnc12. The van der Waals surface area contributed by atoms with Crippen molar-refractivity contribution in [2.45, 2.75) is 12.5 Å². The maximum Gasteiger partial charge on any atom is 0.257 e. The Bertz CT molecular complexity index is 1260. The molecule has 8 heteroatoms. The normalized spacial score (nSPS) is 16.0. The number of nitrogens with zero attached hydrogens (tertiary/aromatic N) is 3. The number of aromatic nitrogens is 3. The van der Waals surface area contributed by atoms with Gasteiger partial charge in [0.1, 0.15) is 5.56 Å². The van der Waals surface area contributed by atoms with Crippen molar-refractivity contribution >= 4 is 34.8 Å². The summed E-state index contributed by atoms with van der Waals surface area (Å²) in [6.45, 7) is 1.67. The summed E-state index contributed by atoms with van der Waals surface area (Å²) in [6.07, 6.45) is 4.22. The molecule has 1 aliphatic heterocycles. The van der Waals surface area contributed by atoms with Gasteiger partial charge in [-0.25, -0.2) is 9.50 Å². The number of fused-ring (bicyclic) bond motifs is 1. The highest BCUT2D eigenvalue weighted by Crippen LogP contribution is 2.36. The van der Waals surface area contributed by atoms with Crippen molar-refractivity contribution in [2.24, 2.45) is 0 Å². The monoisotopic (exact) mass is 451 g/mol. The van der Waals surface area contributed by atoms with Crippen molar-refractivity contribution in [2.75, 3.05) is 13.1 Å². The number of halogens is 2. The summed E-state index contributed by atoms with van der Waals surface area (Å²) in [4.78, 5) is 17.5. The van der Waals surface area contributed by atoms with Crippen LogP contribution in [0.15, 0.2) is 60.9 Å². The van der Waals surface area contributed by atoms with Crippen molar-refractivity contribution < 1.29 is 4.79 Å². The molecule has 0 aliphatic carbocycles. The van der Waals surface area contributed by atoms with E-state index in [4.69, 9.17) is 23.2 Å². The summed E-state index contributed by atoms with van der Waals surface area (Å²) in [5.74, 6) is -0.177. The lowest BCUT2D eigenvalue weighted by molar-refractivity contribution is 0.0941. The van der Waals surface area contributed by atoms with Crippen LogP contribution in [0.5, 0.6) is 0 Å². The minimum atomic E-state index is -0.177. The van der Waals surface area contributed by atoms with Gasteiger partial charge in [0, 0.05) is 45.5 Å². The van der Waals surface area contributed by atoms with Crippen LogP contribution in [-0.4, -0.2) is 39.6 Å². The highest BCUT2D eigenvalue weighted by molar-refractivity contribution is 6.33. The summed E-state index contributed by atoms with van der Waals surface area (Å²) >= 11 is 12.6. The number of rotatable bonds is 4. The smallest absolute Gasteiger partial charge is 0.257 e. The van der Waals surface area contributed by atoms with Crippen LogP contribution in [0.2, 0.25) is 10.0 Å². The fourth-order valence-electron chi connectivity index (χ4n) is 3.89. The topological polar surface area (TPSA) is 71.3 Å². The van der Waals surface area contributed by atoms with E-state index in [1.165, 1.54) is 0 Å². The predicted molar refractivity (Wildman–Crippen MR) is 123 cm³/mol. The fraction of sp³-hybridized carbons (Fsp3) is 0.174. The van der Waals surface area contributed by atoms with Gasteiger partial charge < -0.3 is 10.6 Å². The van der Waals surface area contributed by atoms with Gasteiger partial charge in [-0.3, -0.25) is 4.79 Å². The number of hydrogen-bond donors (Lipinski definition) is 2. The van der Waals surface area contributed by atoms with E-state index in [-0.39, 0.29) is 11.9 Å². The van der Waals surface area contributed by atoms with Crippen LogP contribution in [0, 0.1) is 0 Å². The highest BCUT2D eigenvalue weighted by atomic mass is 35.5. The van der Waals surface area contributed by atoms with Crippen molar-refractivity contribution in [1.29, 1.82) is 0 Å². The zero-order chi connectivity index (χ0) is 21.4. The summed E-state index contributed by atoms with van der Waals surface area (Å²) in [5, 5.41) is 12.1. The Morgan fingerprint density at radius 1 is 1.06 bits per heavy atom. The molecular weight excluding hydrogens is 433 g/mol. The van der Waals surface area contributed by atoms with E-state index in [0.29, 0.717) is 21.3 Å². The minimum absolute atomic E-state index is 0.112. The van der Waals surface area contributed by atoms with Crippen LogP contribution in [0.25, 0.3) is 28.0 Å². The molecule has 6 nitrogen and oxygen atoms in total. The zero-order valence-corrected chi connectivity index (χ0v) is 18.0. The van der Waals surface area contributed by atoms with E-state index in [1.807, 2.05) is 48.5 Å². The first-order chi connectivity index (χ1) is 15.1. The maximum absolute atomic E-state index is 12.9. The van der Waals surface area contributed by atoms with Gasteiger partial charge in [-0.15, -0.1) is 0 Å². The molecule has 2 aromatic heterocycles. The molecule has 1 aliphatic rings. The van der Waals surface area contributed by atoms with Crippen LogP contribution in [-0.2, 0) is 0 Å². The van der Waals surface area contributed by atoms with Crippen LogP contribution < -0.4 is 10.6 Å². The second kappa shape index (κ2) is 8.30. The average molecular weight is 452 g/mol. The fourth-order valence-corrected chi connectivity index (χ4v) is 4.26. The molecule has 1 saturated heterocycles. The Morgan fingerprint density at radius 2 is 1.87 bits per heavy atom. The van der Waals surface area contributed by atoms with E-state index < -0.39 is 0 Å². The molecule has 0 bridgehead atoms. The largest absolute Gasteiger partial charge is 0.348 e. The van der Waals surface area contributed by atoms with Crippen LogP contribution >= 0.6 is 23.2 Å². The van der Waals surface area contributed by atoms with Gasteiger partial charge in [-0.2, -0.15) is 5.10 Å². The molecule has 1 fully saturated rings. The molecule has 1 amide bonds. The van der Waals surface area contributed by atoms with Crippen molar-refractivity contribution in [3.05, 3.63) is 76.5 Å². The van der Waals surface area contributed by atoms with Crippen molar-refractivity contribution in [3.63, 3.8) is 0 Å². The third kappa shape index (κ3) is 3.78. The van der Waals surface area contributed by atoms with E-state index in [1.54, 1.807) is 16.9 Å². The maximum atomic E-state index is 12.9. The lowest BCUT2D eigenvalue weighted by Gasteiger charge is -2.14. The molecular formula is C23H19Cl2N5O. The highest BCUT2D eigenvalue weighted by Gasteiger charge is 2.23. The molecule has 0 radical (unpaired) electrons. The Morgan fingerprint density at radius 3 is 2.61 bits per heavy atom. The number of nitrogens with one attached hydrogen (secondary N) is 2. The molecule has 1 atom stereocenters. The van der Waals surface area contributed by atoms with Crippen LogP contribution in [0.4, 0.5) is 0 Å². The molecule has 0 saturated carbocycles. The van der Waals surface area contributed by atoms with Crippen LogP contribution in [0.1, 0.15) is 16.8 Å². The van der Waals surface area contributed by atoms with E-state index in [0.717, 1.165) is 41.9 Å². The molecule has 5 rings (SSSR count). The van der Waals surface area contributed by atoms with Gasteiger partial charge in [-0.1, -0.05) is 53.5 Å². The van der Waals surface area contributed by atoms with Gasteiger partial charge >= 0.3 is 0 Å². The standard InChI is InChI=1S/C23H19Cl2N5O/c24-15-7-5-14(6-8-15)21-18(17-3-1-2-4-20(17)25)12-27-22-19(13-28-30(21)22)23(31)29-16-9-10-26-11-16/h1-8,12-13,16,26H,9-11H2,(H,29,31). The minimum Gasteiger partial charge on any atom is -0.348 e. The molecule has 156 valence electrons. The number of hydrogen-bond acceptors (Lipinski definition) is 4. The predicted octanol–water partition coefficient (Wildman–Crippen LogP) is 4.46. The van der Waals surface area contributed by atoms with Gasteiger partial charge in [0.25, 0.3) is 5.91 Å². The molecule has 0 spiro atoms. The summed E-state index contributed by atoms with van der Waals surface area (Å²) < 4.78 is 1.70. The average Bonchev–Trinajstić information content (AvgIpc) is 3.44. The zero-order valence-electron chi connectivity index (χ0n) is 16.5. The summed E-state index contributed by atoms with van der Waals surface area (Å²) in [6, 6.07) is 15.2. The molecule has 2 N–H and O–H groups in total. The number of benzene rings is 2. The van der Waals surface area contributed by atoms with Gasteiger partial charge in [-0.05, 0) is 31.2 Å². The Kier molecular flexibility index (Phi) is 5.36. The lowest BCUT2D eigenvalue weighted by atomic mass is 10.0. The Labute approximate surface area is 189 Å². The number of carbonyl (C=O) groups is 1. The van der Waals surface area contributed by atoms with Crippen molar-refractivity contribution in [1.82, 2.24) is 25.2 Å². The number of carbonyl (C=O) groups excluding carboxylic acids is 1. The van der Waals surface area contributed by atoms with Gasteiger partial charge in [0.2, 0.25) is 0 Å².